The number of hydrogen-bond donors (Lipinski definition) is 2. The van der Waals surface area contributed by atoms with Crippen molar-refractivity contribution < 1.29 is 9.59 Å². The minimum atomic E-state index is -0.0535. The van der Waals surface area contributed by atoms with E-state index in [4.69, 9.17) is 5.26 Å². The molecule has 2 N–H and O–H groups in total. The Kier molecular flexibility index (Phi) is 6.16. The summed E-state index contributed by atoms with van der Waals surface area (Å²) < 4.78 is 0. The van der Waals surface area contributed by atoms with Crippen LogP contribution in [0.25, 0.3) is 0 Å². The molecule has 0 saturated heterocycles. The van der Waals surface area contributed by atoms with Crippen LogP contribution < -0.4 is 10.6 Å². The Hall–Kier alpha value is -2.35. The van der Waals surface area contributed by atoms with Crippen LogP contribution in [0.15, 0.2) is 18.2 Å². The van der Waals surface area contributed by atoms with E-state index in [0.717, 1.165) is 12.8 Å². The third-order valence-corrected chi connectivity index (χ3v) is 4.24. The number of ketones is 1. The third-order valence-electron chi connectivity index (χ3n) is 4.24. The lowest BCUT2D eigenvalue weighted by Gasteiger charge is -2.12. The minimum absolute atomic E-state index is 0.0535. The van der Waals surface area contributed by atoms with Crippen molar-refractivity contribution in [1.82, 2.24) is 5.32 Å². The van der Waals surface area contributed by atoms with E-state index in [0.29, 0.717) is 42.2 Å². The van der Waals surface area contributed by atoms with Crippen LogP contribution in [0.4, 0.5) is 5.69 Å². The molecule has 5 heteroatoms. The van der Waals surface area contributed by atoms with Gasteiger partial charge in [0, 0.05) is 30.8 Å². The Morgan fingerprint density at radius 2 is 2.00 bits per heavy atom. The molecule has 0 aromatic heterocycles. The van der Waals surface area contributed by atoms with Crippen LogP contribution >= 0.6 is 0 Å². The molecule has 0 heterocycles. The van der Waals surface area contributed by atoms with Crippen molar-refractivity contribution in [2.75, 3.05) is 18.4 Å². The smallest absolute Gasteiger partial charge is 0.220 e. The number of nitrogens with zero attached hydrogens (tertiary/aromatic N) is 1. The van der Waals surface area contributed by atoms with Crippen molar-refractivity contribution in [3.8, 4) is 6.07 Å². The van der Waals surface area contributed by atoms with Gasteiger partial charge in [-0.25, -0.2) is 0 Å². The van der Waals surface area contributed by atoms with Gasteiger partial charge < -0.3 is 10.6 Å². The fourth-order valence-electron chi connectivity index (χ4n) is 3.01. The highest BCUT2D eigenvalue weighted by molar-refractivity contribution is 5.99. The molecule has 0 atom stereocenters. The van der Waals surface area contributed by atoms with Gasteiger partial charge in [0.15, 0.2) is 5.78 Å². The van der Waals surface area contributed by atoms with Crippen LogP contribution in [0, 0.1) is 17.2 Å². The highest BCUT2D eigenvalue weighted by Crippen LogP contribution is 2.27. The lowest BCUT2D eigenvalue weighted by Crippen LogP contribution is -2.30. The van der Waals surface area contributed by atoms with Gasteiger partial charge in [-0.1, -0.05) is 12.8 Å². The number of benzene rings is 1. The van der Waals surface area contributed by atoms with Gasteiger partial charge in [-0.3, -0.25) is 9.59 Å². The van der Waals surface area contributed by atoms with E-state index in [2.05, 4.69) is 16.7 Å². The van der Waals surface area contributed by atoms with Crippen LogP contribution in [-0.2, 0) is 4.79 Å². The quantitative estimate of drug-likeness (QED) is 0.599. The number of carbonyl (C=O) groups is 2. The molecule has 0 bridgehead atoms. The van der Waals surface area contributed by atoms with Gasteiger partial charge >= 0.3 is 0 Å². The van der Waals surface area contributed by atoms with Crippen molar-refractivity contribution in [1.29, 1.82) is 5.26 Å². The second-order valence-corrected chi connectivity index (χ2v) is 6.06. The number of nitriles is 1. The number of Topliss-reactive ketones (excluding diaryl/α,β-unsaturated/α-hetero) is 1. The summed E-state index contributed by atoms with van der Waals surface area (Å²) in [5.74, 6) is 0.582. The highest BCUT2D eigenvalue weighted by atomic mass is 16.1. The van der Waals surface area contributed by atoms with Crippen LogP contribution in [0.5, 0.6) is 0 Å². The van der Waals surface area contributed by atoms with E-state index in [-0.39, 0.29) is 11.7 Å². The summed E-state index contributed by atoms with van der Waals surface area (Å²) in [6.45, 7) is 2.52. The van der Waals surface area contributed by atoms with Crippen molar-refractivity contribution in [2.24, 2.45) is 5.92 Å². The van der Waals surface area contributed by atoms with Crippen LogP contribution in [0.2, 0.25) is 0 Å². The zero-order valence-corrected chi connectivity index (χ0v) is 13.5. The molecule has 1 aliphatic rings. The predicted molar refractivity (Wildman–Crippen MR) is 89.2 cm³/mol. The molecule has 1 aromatic carbocycles. The normalized spacial score (nSPS) is 14.3. The lowest BCUT2D eigenvalue weighted by molar-refractivity contribution is -0.121. The zero-order chi connectivity index (χ0) is 16.7. The van der Waals surface area contributed by atoms with Crippen LogP contribution in [-0.4, -0.2) is 24.8 Å². The molecule has 1 aliphatic carbocycles. The van der Waals surface area contributed by atoms with Gasteiger partial charge in [0.1, 0.15) is 0 Å². The number of rotatable bonds is 7. The summed E-state index contributed by atoms with van der Waals surface area (Å²) in [4.78, 5) is 23.5. The first-order valence-electron chi connectivity index (χ1n) is 8.16. The highest BCUT2D eigenvalue weighted by Gasteiger charge is 2.18. The maximum atomic E-state index is 11.8. The van der Waals surface area contributed by atoms with Crippen molar-refractivity contribution in [3.05, 3.63) is 29.3 Å². The maximum Gasteiger partial charge on any atom is 0.220 e. The Labute approximate surface area is 137 Å². The first-order chi connectivity index (χ1) is 11.1. The molecule has 0 unspecified atom stereocenters. The van der Waals surface area contributed by atoms with E-state index < -0.39 is 0 Å². The Morgan fingerprint density at radius 3 is 2.65 bits per heavy atom. The van der Waals surface area contributed by atoms with Crippen molar-refractivity contribution in [3.63, 3.8) is 0 Å². The largest absolute Gasteiger partial charge is 0.383 e. The second kappa shape index (κ2) is 8.33. The van der Waals surface area contributed by atoms with Gasteiger partial charge in [0.25, 0.3) is 0 Å². The average Bonchev–Trinajstić information content (AvgIpc) is 3.04. The Morgan fingerprint density at radius 1 is 1.26 bits per heavy atom. The predicted octanol–water partition coefficient (Wildman–Crippen LogP) is 2.87. The first kappa shape index (κ1) is 17.0. The monoisotopic (exact) mass is 313 g/mol. The molecule has 0 radical (unpaired) electrons. The molecule has 1 fully saturated rings. The molecule has 1 saturated carbocycles. The van der Waals surface area contributed by atoms with Gasteiger partial charge in [0.2, 0.25) is 5.91 Å². The molecule has 0 aliphatic heterocycles. The van der Waals surface area contributed by atoms with Crippen LogP contribution in [0.3, 0.4) is 0 Å². The van der Waals surface area contributed by atoms with Gasteiger partial charge in [-0.2, -0.15) is 5.26 Å². The number of carbonyl (C=O) groups excluding carboxylic acids is 2. The average molecular weight is 313 g/mol. The fourth-order valence-corrected chi connectivity index (χ4v) is 3.01. The number of hydrogen-bond acceptors (Lipinski definition) is 4. The van der Waals surface area contributed by atoms with E-state index in [1.54, 1.807) is 18.2 Å². The van der Waals surface area contributed by atoms with Gasteiger partial charge in [-0.05, 0) is 43.9 Å². The molecule has 0 spiro atoms. The third kappa shape index (κ3) is 5.10. The summed E-state index contributed by atoms with van der Waals surface area (Å²) in [7, 11) is 0. The summed E-state index contributed by atoms with van der Waals surface area (Å²) in [6, 6.07) is 7.01. The maximum absolute atomic E-state index is 11.8. The van der Waals surface area contributed by atoms with Gasteiger partial charge in [0.05, 0.1) is 11.6 Å². The molecule has 1 aromatic rings. The van der Waals surface area contributed by atoms with E-state index >= 15 is 0 Å². The molecular formula is C18H23N3O2. The van der Waals surface area contributed by atoms with Crippen LogP contribution in [0.1, 0.15) is 54.9 Å². The molecule has 23 heavy (non-hydrogen) atoms. The Balaban J connectivity index is 1.80. The van der Waals surface area contributed by atoms with E-state index in [9.17, 15) is 9.59 Å². The second-order valence-electron chi connectivity index (χ2n) is 6.06. The zero-order valence-electron chi connectivity index (χ0n) is 13.5. The number of amides is 1. The summed E-state index contributed by atoms with van der Waals surface area (Å²) in [5, 5.41) is 15.0. The summed E-state index contributed by atoms with van der Waals surface area (Å²) in [5.41, 5.74) is 1.70. The number of anilines is 1. The topological polar surface area (TPSA) is 82.0 Å². The summed E-state index contributed by atoms with van der Waals surface area (Å²) >= 11 is 0. The number of nitrogens with one attached hydrogen (secondary N) is 2. The summed E-state index contributed by atoms with van der Waals surface area (Å²) in [6.07, 6.45) is 5.41. The van der Waals surface area contributed by atoms with E-state index in [1.165, 1.54) is 19.8 Å². The molecule has 122 valence electrons. The SMILES string of the molecule is CC(=O)c1ccc(C#N)cc1NCCNC(=O)CC1CCCC1. The van der Waals surface area contributed by atoms with Crippen molar-refractivity contribution in [2.45, 2.75) is 39.0 Å². The molecule has 2 rings (SSSR count). The van der Waals surface area contributed by atoms with E-state index in [1.807, 2.05) is 0 Å². The molecule has 5 nitrogen and oxygen atoms in total. The Bertz CT molecular complexity index is 613. The van der Waals surface area contributed by atoms with Crippen molar-refractivity contribution >= 4 is 17.4 Å². The lowest BCUT2D eigenvalue weighted by atomic mass is 10.0. The molecule has 1 amide bonds. The first-order valence-corrected chi connectivity index (χ1v) is 8.16. The minimum Gasteiger partial charge on any atom is -0.383 e. The fraction of sp³-hybridized carbons (Fsp3) is 0.500. The standard InChI is InChI=1S/C18H23N3O2/c1-13(22)16-7-6-15(12-19)10-17(16)20-8-9-21-18(23)11-14-4-2-3-5-14/h6-7,10,14,20H,2-5,8-9,11H2,1H3,(H,21,23). The van der Waals surface area contributed by atoms with Gasteiger partial charge in [-0.15, -0.1) is 0 Å². The molecular weight excluding hydrogens is 290 g/mol.